The fourth-order valence-electron chi connectivity index (χ4n) is 2.88. The van der Waals surface area contributed by atoms with Crippen molar-refractivity contribution in [2.75, 3.05) is 13.2 Å². The molecule has 152 valence electrons. The third kappa shape index (κ3) is 4.31. The molecule has 2 aliphatic rings. The van der Waals surface area contributed by atoms with E-state index in [2.05, 4.69) is 0 Å². The molecule has 0 aliphatic carbocycles. The molecule has 2 rings (SSSR count). The molecule has 10 unspecified atom stereocenters. The standard InChI is InChI=1S/C14H24O12/c1-4(17)23-11-6(3-16)25-14(10(21)9(11)20)26-12-8(19)7(18)5(2-15)24-13(12)22/h5-16,18-22H,2-3H2,1H3. The van der Waals surface area contributed by atoms with Crippen molar-refractivity contribution < 1.29 is 59.5 Å². The van der Waals surface area contributed by atoms with Crippen molar-refractivity contribution in [2.45, 2.75) is 68.3 Å². The van der Waals surface area contributed by atoms with Crippen molar-refractivity contribution in [3.8, 4) is 0 Å². The van der Waals surface area contributed by atoms with Crippen LogP contribution in [0.15, 0.2) is 0 Å². The van der Waals surface area contributed by atoms with Gasteiger partial charge in [-0.05, 0) is 0 Å². The molecule has 0 spiro atoms. The number of esters is 1. The first-order chi connectivity index (χ1) is 12.2. The van der Waals surface area contributed by atoms with E-state index in [1.165, 1.54) is 0 Å². The molecule has 0 aromatic rings. The number of aliphatic hydroxyl groups excluding tert-OH is 7. The largest absolute Gasteiger partial charge is 0.457 e. The number of hydrogen-bond donors (Lipinski definition) is 7. The Balaban J connectivity index is 2.10. The Morgan fingerprint density at radius 1 is 0.846 bits per heavy atom. The van der Waals surface area contributed by atoms with E-state index >= 15 is 0 Å². The summed E-state index contributed by atoms with van der Waals surface area (Å²) >= 11 is 0. The monoisotopic (exact) mass is 384 g/mol. The second-order valence-corrected chi connectivity index (χ2v) is 6.11. The van der Waals surface area contributed by atoms with Crippen LogP contribution in [0.3, 0.4) is 0 Å². The van der Waals surface area contributed by atoms with Gasteiger partial charge in [-0.25, -0.2) is 0 Å². The first-order valence-electron chi connectivity index (χ1n) is 7.96. The van der Waals surface area contributed by atoms with Crippen LogP contribution in [0.4, 0.5) is 0 Å². The molecule has 0 aromatic carbocycles. The molecule has 26 heavy (non-hydrogen) atoms. The van der Waals surface area contributed by atoms with Gasteiger partial charge in [0.05, 0.1) is 13.2 Å². The summed E-state index contributed by atoms with van der Waals surface area (Å²) in [4.78, 5) is 11.1. The van der Waals surface area contributed by atoms with Crippen LogP contribution in [-0.2, 0) is 23.7 Å². The van der Waals surface area contributed by atoms with Crippen molar-refractivity contribution in [3.63, 3.8) is 0 Å². The third-order valence-electron chi connectivity index (χ3n) is 4.26. The number of hydrogen-bond acceptors (Lipinski definition) is 12. The third-order valence-corrected chi connectivity index (χ3v) is 4.26. The van der Waals surface area contributed by atoms with Crippen LogP contribution < -0.4 is 0 Å². The maximum absolute atomic E-state index is 11.1. The molecule has 12 heteroatoms. The van der Waals surface area contributed by atoms with Gasteiger partial charge in [0.1, 0.15) is 42.7 Å². The second-order valence-electron chi connectivity index (χ2n) is 6.11. The zero-order valence-corrected chi connectivity index (χ0v) is 13.9. The van der Waals surface area contributed by atoms with Crippen molar-refractivity contribution in [1.82, 2.24) is 0 Å². The number of rotatable bonds is 5. The highest BCUT2D eigenvalue weighted by Crippen LogP contribution is 2.29. The number of aliphatic hydroxyl groups is 7. The van der Waals surface area contributed by atoms with Gasteiger partial charge >= 0.3 is 5.97 Å². The lowest BCUT2D eigenvalue weighted by Crippen LogP contribution is -2.64. The van der Waals surface area contributed by atoms with E-state index in [0.717, 1.165) is 6.92 Å². The van der Waals surface area contributed by atoms with Gasteiger partial charge in [-0.15, -0.1) is 0 Å². The van der Waals surface area contributed by atoms with E-state index in [1.54, 1.807) is 0 Å². The van der Waals surface area contributed by atoms with Crippen molar-refractivity contribution >= 4 is 5.97 Å². The summed E-state index contributed by atoms with van der Waals surface area (Å²) in [5.41, 5.74) is 0. The van der Waals surface area contributed by atoms with Gasteiger partial charge in [-0.3, -0.25) is 4.79 Å². The van der Waals surface area contributed by atoms with E-state index < -0.39 is 80.6 Å². The molecule has 0 bridgehead atoms. The summed E-state index contributed by atoms with van der Waals surface area (Å²) < 4.78 is 20.2. The van der Waals surface area contributed by atoms with Gasteiger partial charge < -0.3 is 54.7 Å². The molecule has 10 atom stereocenters. The lowest BCUT2D eigenvalue weighted by Gasteiger charge is -2.45. The van der Waals surface area contributed by atoms with Crippen LogP contribution in [0, 0.1) is 0 Å². The van der Waals surface area contributed by atoms with Crippen LogP contribution in [0.5, 0.6) is 0 Å². The Morgan fingerprint density at radius 3 is 1.96 bits per heavy atom. The Bertz CT molecular complexity index is 473. The van der Waals surface area contributed by atoms with Crippen molar-refractivity contribution in [3.05, 3.63) is 0 Å². The summed E-state index contributed by atoms with van der Waals surface area (Å²) in [7, 11) is 0. The molecule has 0 saturated carbocycles. The summed E-state index contributed by atoms with van der Waals surface area (Å²) in [5, 5.41) is 68.4. The molecular formula is C14H24O12. The van der Waals surface area contributed by atoms with Crippen LogP contribution in [-0.4, -0.2) is 116 Å². The van der Waals surface area contributed by atoms with Gasteiger partial charge in [-0.2, -0.15) is 0 Å². The smallest absolute Gasteiger partial charge is 0.303 e. The predicted octanol–water partition coefficient (Wildman–Crippen LogP) is -4.83. The average molecular weight is 384 g/mol. The van der Waals surface area contributed by atoms with Crippen molar-refractivity contribution in [2.24, 2.45) is 0 Å². The molecule has 0 radical (unpaired) electrons. The lowest BCUT2D eigenvalue weighted by atomic mass is 9.97. The minimum Gasteiger partial charge on any atom is -0.457 e. The normalized spacial score (nSPS) is 46.8. The summed E-state index contributed by atoms with van der Waals surface area (Å²) in [6.07, 6.45) is -15.7. The van der Waals surface area contributed by atoms with Crippen molar-refractivity contribution in [1.29, 1.82) is 0 Å². The maximum Gasteiger partial charge on any atom is 0.303 e. The SMILES string of the molecule is CC(=O)OC1C(CO)OC(OC2C(O)OC(CO)C(O)C2O)C(O)C1O. The molecular weight excluding hydrogens is 360 g/mol. The van der Waals surface area contributed by atoms with Crippen LogP contribution in [0.1, 0.15) is 6.92 Å². The first-order valence-corrected chi connectivity index (χ1v) is 7.96. The van der Waals surface area contributed by atoms with Crippen LogP contribution in [0.25, 0.3) is 0 Å². The fraction of sp³-hybridized carbons (Fsp3) is 0.929. The van der Waals surface area contributed by atoms with E-state index in [0.29, 0.717) is 0 Å². The minimum atomic E-state index is -1.78. The Hall–Kier alpha value is -0.930. The van der Waals surface area contributed by atoms with Crippen LogP contribution >= 0.6 is 0 Å². The molecule has 2 aliphatic heterocycles. The minimum absolute atomic E-state index is 0.667. The highest BCUT2D eigenvalue weighted by Gasteiger charge is 2.51. The molecule has 12 nitrogen and oxygen atoms in total. The van der Waals surface area contributed by atoms with E-state index in [1.807, 2.05) is 0 Å². The predicted molar refractivity (Wildman–Crippen MR) is 78.2 cm³/mol. The zero-order chi connectivity index (χ0) is 19.6. The number of carbonyl (C=O) groups is 1. The first kappa shape index (κ1) is 21.4. The Kier molecular flexibility index (Phi) is 7.27. The summed E-state index contributed by atoms with van der Waals surface area (Å²) in [6, 6.07) is 0. The quantitative estimate of drug-likeness (QED) is 0.224. The molecule has 2 heterocycles. The second kappa shape index (κ2) is 8.84. The van der Waals surface area contributed by atoms with Gasteiger partial charge in [0.25, 0.3) is 0 Å². The van der Waals surface area contributed by atoms with Gasteiger partial charge in [0.2, 0.25) is 0 Å². The fourth-order valence-corrected chi connectivity index (χ4v) is 2.88. The molecule has 0 aromatic heterocycles. The molecule has 0 amide bonds. The molecule has 2 fully saturated rings. The molecule has 2 saturated heterocycles. The number of ether oxygens (including phenoxy) is 4. The highest BCUT2D eigenvalue weighted by atomic mass is 16.7. The zero-order valence-electron chi connectivity index (χ0n) is 13.9. The van der Waals surface area contributed by atoms with E-state index in [4.69, 9.17) is 24.1 Å². The number of carbonyl (C=O) groups excluding carboxylic acids is 1. The lowest BCUT2D eigenvalue weighted by molar-refractivity contribution is -0.362. The Morgan fingerprint density at radius 2 is 1.42 bits per heavy atom. The van der Waals surface area contributed by atoms with Gasteiger partial charge in [-0.1, -0.05) is 0 Å². The maximum atomic E-state index is 11.1. The van der Waals surface area contributed by atoms with E-state index in [-0.39, 0.29) is 0 Å². The molecule has 7 N–H and O–H groups in total. The Labute approximate surface area is 148 Å². The van der Waals surface area contributed by atoms with Gasteiger partial charge in [0.15, 0.2) is 18.7 Å². The highest BCUT2D eigenvalue weighted by molar-refractivity contribution is 5.66. The van der Waals surface area contributed by atoms with Gasteiger partial charge in [0, 0.05) is 6.92 Å². The topological polar surface area (TPSA) is 196 Å². The van der Waals surface area contributed by atoms with E-state index in [9.17, 15) is 35.4 Å². The summed E-state index contributed by atoms with van der Waals surface area (Å²) in [6.45, 7) is -0.288. The average Bonchev–Trinajstić information content (AvgIpc) is 2.60. The van der Waals surface area contributed by atoms with Crippen LogP contribution in [0.2, 0.25) is 0 Å². The summed E-state index contributed by atoms with van der Waals surface area (Å²) in [5.74, 6) is -0.771.